The van der Waals surface area contributed by atoms with Gasteiger partial charge in [-0.15, -0.1) is 11.3 Å². The minimum absolute atomic E-state index is 0.0742. The molecule has 0 radical (unpaired) electrons. The lowest BCUT2D eigenvalue weighted by molar-refractivity contribution is 1.43. The first-order valence-electron chi connectivity index (χ1n) is 3.62. The van der Waals surface area contributed by atoms with Crippen LogP contribution in [0.2, 0.25) is 0 Å². The van der Waals surface area contributed by atoms with Gasteiger partial charge in [0.1, 0.15) is 0 Å². The molecule has 0 aromatic carbocycles. The van der Waals surface area contributed by atoms with Crippen molar-refractivity contribution in [1.29, 1.82) is 5.41 Å². The fraction of sp³-hybridized carbons (Fsp3) is 0.143. The van der Waals surface area contributed by atoms with Crippen LogP contribution in [0.4, 0.5) is 0 Å². The number of thiophene rings is 1. The molecule has 1 aromatic heterocycles. The van der Waals surface area contributed by atoms with Gasteiger partial charge >= 0.3 is 0 Å². The highest BCUT2D eigenvalue weighted by atomic mass is 79.9. The molecule has 0 fully saturated rings. The number of guanidine groups is 1. The zero-order chi connectivity index (χ0) is 10.6. The summed E-state index contributed by atoms with van der Waals surface area (Å²) in [6.45, 7) is 0. The molecule has 7 heteroatoms. The van der Waals surface area contributed by atoms with Gasteiger partial charge in [0, 0.05) is 20.5 Å². The molecule has 1 aromatic rings. The maximum atomic E-state index is 7.38. The Kier molecular flexibility index (Phi) is 4.43. The van der Waals surface area contributed by atoms with E-state index in [2.05, 4.69) is 20.9 Å². The molecule has 0 atom stereocenters. The third-order valence-corrected chi connectivity index (χ3v) is 3.90. The highest BCUT2D eigenvalue weighted by Crippen LogP contribution is 2.24. The van der Waals surface area contributed by atoms with Gasteiger partial charge < -0.3 is 11.5 Å². The Balaban J connectivity index is 2.41. The second-order valence-electron chi connectivity index (χ2n) is 2.36. The summed E-state index contributed by atoms with van der Waals surface area (Å²) < 4.78 is 1.06. The number of nitrogens with two attached hydrogens (primary N) is 2. The van der Waals surface area contributed by atoms with Crippen LogP contribution in [0.1, 0.15) is 4.88 Å². The minimum Gasteiger partial charge on any atom is -0.370 e. The number of hydrogen-bond acceptors (Lipinski definition) is 3. The van der Waals surface area contributed by atoms with Crippen molar-refractivity contribution in [3.63, 3.8) is 0 Å². The maximum Gasteiger partial charge on any atom is 0.193 e. The predicted octanol–water partition coefficient (Wildman–Crippen LogP) is 1.95. The van der Waals surface area contributed by atoms with E-state index in [-0.39, 0.29) is 11.1 Å². The summed E-state index contributed by atoms with van der Waals surface area (Å²) >= 11 is 6.29. The smallest absolute Gasteiger partial charge is 0.193 e. The topological polar surface area (TPSA) is 88.2 Å². The summed E-state index contributed by atoms with van der Waals surface area (Å²) in [5.74, 6) is 0.640. The van der Waals surface area contributed by atoms with Crippen LogP contribution in [0.25, 0.3) is 0 Å². The number of aliphatic imine (C=N–C) groups is 1. The van der Waals surface area contributed by atoms with Gasteiger partial charge in [-0.05, 0) is 22.0 Å². The lowest BCUT2D eigenvalue weighted by Gasteiger charge is -1.96. The zero-order valence-electron chi connectivity index (χ0n) is 7.16. The Morgan fingerprint density at radius 3 is 2.86 bits per heavy atom. The van der Waals surface area contributed by atoms with E-state index in [0.29, 0.717) is 5.75 Å². The third-order valence-electron chi connectivity index (χ3n) is 1.20. The number of nitrogens with zero attached hydrogens (tertiary/aromatic N) is 1. The molecule has 0 saturated heterocycles. The van der Waals surface area contributed by atoms with Gasteiger partial charge in [-0.1, -0.05) is 11.8 Å². The molecular formula is C7H9BrN4S2. The molecule has 0 aliphatic carbocycles. The molecule has 0 unspecified atom stereocenters. The van der Waals surface area contributed by atoms with Crippen molar-refractivity contribution < 1.29 is 0 Å². The van der Waals surface area contributed by atoms with Crippen LogP contribution in [0.3, 0.4) is 0 Å². The monoisotopic (exact) mass is 292 g/mol. The van der Waals surface area contributed by atoms with Crippen LogP contribution in [0.5, 0.6) is 0 Å². The summed E-state index contributed by atoms with van der Waals surface area (Å²) in [6.07, 6.45) is 0. The number of nitrogens with one attached hydrogen (secondary N) is 1. The average Bonchev–Trinajstić information content (AvgIpc) is 2.47. The van der Waals surface area contributed by atoms with Crippen LogP contribution in [-0.2, 0) is 5.75 Å². The number of thioether (sulfide) groups is 1. The third kappa shape index (κ3) is 4.12. The Morgan fingerprint density at radius 2 is 2.36 bits per heavy atom. The molecule has 4 nitrogen and oxygen atoms in total. The van der Waals surface area contributed by atoms with Gasteiger partial charge in [0.15, 0.2) is 11.1 Å². The zero-order valence-corrected chi connectivity index (χ0v) is 10.4. The number of amidine groups is 1. The maximum absolute atomic E-state index is 7.38. The molecule has 1 rings (SSSR count). The molecule has 1 heterocycles. The van der Waals surface area contributed by atoms with E-state index in [0.717, 1.165) is 4.47 Å². The van der Waals surface area contributed by atoms with Crippen molar-refractivity contribution in [2.75, 3.05) is 0 Å². The molecule has 0 saturated carbocycles. The first kappa shape index (κ1) is 11.5. The van der Waals surface area contributed by atoms with Crippen molar-refractivity contribution in [3.8, 4) is 0 Å². The van der Waals surface area contributed by atoms with Crippen LogP contribution in [-0.4, -0.2) is 11.1 Å². The Morgan fingerprint density at radius 1 is 1.64 bits per heavy atom. The number of halogens is 1. The summed E-state index contributed by atoms with van der Waals surface area (Å²) in [5, 5.41) is 9.52. The molecule has 5 N–H and O–H groups in total. The van der Waals surface area contributed by atoms with Crippen molar-refractivity contribution in [1.82, 2.24) is 0 Å². The molecule has 0 spiro atoms. The minimum atomic E-state index is -0.0742. The summed E-state index contributed by atoms with van der Waals surface area (Å²) in [6, 6.07) is 2.01. The van der Waals surface area contributed by atoms with Gasteiger partial charge in [0.2, 0.25) is 0 Å². The fourth-order valence-electron chi connectivity index (χ4n) is 0.719. The second-order valence-corrected chi connectivity index (χ2v) is 5.24. The molecular weight excluding hydrogens is 284 g/mol. The lowest BCUT2D eigenvalue weighted by Crippen LogP contribution is -2.23. The van der Waals surface area contributed by atoms with Gasteiger partial charge in [0.25, 0.3) is 0 Å². The van der Waals surface area contributed by atoms with E-state index < -0.39 is 0 Å². The van der Waals surface area contributed by atoms with Gasteiger partial charge in [-0.25, -0.2) is 0 Å². The van der Waals surface area contributed by atoms with Crippen LogP contribution >= 0.6 is 39.0 Å². The SMILES string of the molecule is N=C(N=C(N)N)SCc1cc(Br)cs1. The molecule has 14 heavy (non-hydrogen) atoms. The molecule has 0 bridgehead atoms. The van der Waals surface area contributed by atoms with Crippen molar-refractivity contribution in [2.45, 2.75) is 5.75 Å². The number of hydrogen-bond donors (Lipinski definition) is 3. The largest absolute Gasteiger partial charge is 0.370 e. The average molecular weight is 293 g/mol. The summed E-state index contributed by atoms with van der Waals surface area (Å²) in [5.41, 5.74) is 10.3. The molecule has 76 valence electrons. The highest BCUT2D eigenvalue weighted by Gasteiger charge is 2.00. The Hall–Kier alpha value is -0.530. The predicted molar refractivity (Wildman–Crippen MR) is 66.9 cm³/mol. The molecule has 0 amide bonds. The van der Waals surface area contributed by atoms with E-state index >= 15 is 0 Å². The molecule has 0 aliphatic heterocycles. The fourth-order valence-corrected chi connectivity index (χ4v) is 2.93. The Labute approximate surface area is 98.4 Å². The van der Waals surface area contributed by atoms with E-state index in [9.17, 15) is 0 Å². The van der Waals surface area contributed by atoms with Gasteiger partial charge in [-0.2, -0.15) is 4.99 Å². The Bertz CT molecular complexity index is 356. The van der Waals surface area contributed by atoms with Gasteiger partial charge in [0.05, 0.1) is 0 Å². The van der Waals surface area contributed by atoms with Crippen molar-refractivity contribution >= 4 is 50.2 Å². The standard InChI is InChI=1S/C7H9BrN4S2/c8-4-1-5(13-2-4)3-14-7(11)12-6(9)10/h1-2H,3H2,(H5,9,10,11,12). The van der Waals surface area contributed by atoms with E-state index in [1.54, 1.807) is 11.3 Å². The van der Waals surface area contributed by atoms with Gasteiger partial charge in [-0.3, -0.25) is 5.41 Å². The van der Waals surface area contributed by atoms with Crippen LogP contribution in [0, 0.1) is 5.41 Å². The number of rotatable bonds is 2. The van der Waals surface area contributed by atoms with E-state index in [4.69, 9.17) is 16.9 Å². The molecule has 0 aliphatic rings. The van der Waals surface area contributed by atoms with E-state index in [1.807, 2.05) is 11.4 Å². The normalized spacial score (nSPS) is 9.79. The summed E-state index contributed by atoms with van der Waals surface area (Å²) in [7, 11) is 0. The van der Waals surface area contributed by atoms with Crippen molar-refractivity contribution in [3.05, 3.63) is 20.8 Å². The second kappa shape index (κ2) is 5.38. The van der Waals surface area contributed by atoms with Crippen LogP contribution in [0.15, 0.2) is 20.9 Å². The first-order valence-corrected chi connectivity index (χ1v) is 6.27. The lowest BCUT2D eigenvalue weighted by atomic mass is 10.5. The van der Waals surface area contributed by atoms with Crippen molar-refractivity contribution in [2.24, 2.45) is 16.5 Å². The quantitative estimate of drug-likeness (QED) is 0.575. The summed E-state index contributed by atoms with van der Waals surface area (Å²) in [4.78, 5) is 4.79. The first-order chi connectivity index (χ1) is 6.58. The van der Waals surface area contributed by atoms with E-state index in [1.165, 1.54) is 16.6 Å². The highest BCUT2D eigenvalue weighted by molar-refractivity contribution is 9.10. The van der Waals surface area contributed by atoms with Crippen LogP contribution < -0.4 is 11.5 Å².